The van der Waals surface area contributed by atoms with Crippen molar-refractivity contribution in [3.05, 3.63) is 52.5 Å². The second kappa shape index (κ2) is 7.70. The molecular formula is C16H17BrN2O3. The van der Waals surface area contributed by atoms with Gasteiger partial charge in [0, 0.05) is 16.7 Å². The zero-order chi connectivity index (χ0) is 15.9. The van der Waals surface area contributed by atoms with Crippen molar-refractivity contribution < 1.29 is 14.3 Å². The van der Waals surface area contributed by atoms with Crippen LogP contribution in [0, 0.1) is 0 Å². The number of carbonyl (C=O) groups excluding carboxylic acids is 1. The Balaban J connectivity index is 1.92. The summed E-state index contributed by atoms with van der Waals surface area (Å²) in [6.45, 7) is 0.392. The predicted molar refractivity (Wildman–Crippen MR) is 89.5 cm³/mol. The van der Waals surface area contributed by atoms with E-state index in [4.69, 9.17) is 9.47 Å². The first kappa shape index (κ1) is 16.2. The molecule has 5 nitrogen and oxygen atoms in total. The molecule has 2 amide bonds. The van der Waals surface area contributed by atoms with Gasteiger partial charge in [0.05, 0.1) is 14.2 Å². The topological polar surface area (TPSA) is 59.6 Å². The van der Waals surface area contributed by atoms with Crippen LogP contribution >= 0.6 is 15.9 Å². The number of hydrogen-bond acceptors (Lipinski definition) is 3. The highest BCUT2D eigenvalue weighted by Gasteiger charge is 2.06. The Morgan fingerprint density at radius 2 is 1.73 bits per heavy atom. The van der Waals surface area contributed by atoms with E-state index in [9.17, 15) is 4.79 Å². The molecule has 0 aliphatic rings. The monoisotopic (exact) mass is 364 g/mol. The van der Waals surface area contributed by atoms with E-state index in [2.05, 4.69) is 26.6 Å². The third kappa shape index (κ3) is 4.39. The van der Waals surface area contributed by atoms with Crippen LogP contribution < -0.4 is 20.1 Å². The number of ether oxygens (including phenoxy) is 2. The minimum absolute atomic E-state index is 0.267. The highest BCUT2D eigenvalue weighted by molar-refractivity contribution is 9.10. The van der Waals surface area contributed by atoms with Crippen molar-refractivity contribution in [3.8, 4) is 11.5 Å². The summed E-state index contributed by atoms with van der Waals surface area (Å²) < 4.78 is 11.4. The van der Waals surface area contributed by atoms with E-state index in [0.29, 0.717) is 18.0 Å². The highest BCUT2D eigenvalue weighted by atomic mass is 79.9. The Labute approximate surface area is 137 Å². The lowest BCUT2D eigenvalue weighted by atomic mass is 10.2. The van der Waals surface area contributed by atoms with Crippen molar-refractivity contribution in [2.75, 3.05) is 19.5 Å². The number of amides is 2. The number of hydrogen-bond donors (Lipinski definition) is 2. The summed E-state index contributed by atoms with van der Waals surface area (Å²) in [6.07, 6.45) is 0. The third-order valence-electron chi connectivity index (χ3n) is 3.00. The number of urea groups is 1. The van der Waals surface area contributed by atoms with Gasteiger partial charge in [-0.3, -0.25) is 0 Å². The van der Waals surface area contributed by atoms with Gasteiger partial charge < -0.3 is 20.1 Å². The van der Waals surface area contributed by atoms with Gasteiger partial charge in [0.1, 0.15) is 0 Å². The lowest BCUT2D eigenvalue weighted by Gasteiger charge is -2.11. The second-order valence-electron chi connectivity index (χ2n) is 4.50. The summed E-state index contributed by atoms with van der Waals surface area (Å²) in [7, 11) is 3.16. The fraction of sp³-hybridized carbons (Fsp3) is 0.188. The third-order valence-corrected chi connectivity index (χ3v) is 3.53. The maximum Gasteiger partial charge on any atom is 0.319 e. The van der Waals surface area contributed by atoms with Crippen molar-refractivity contribution in [1.29, 1.82) is 0 Å². The summed E-state index contributed by atoms with van der Waals surface area (Å²) in [5, 5.41) is 5.56. The van der Waals surface area contributed by atoms with Crippen molar-refractivity contribution in [2.45, 2.75) is 6.54 Å². The standard InChI is InChI=1S/C16H17BrN2O3/c1-21-14-8-3-11(9-15(14)22-2)10-18-16(20)19-13-6-4-12(17)5-7-13/h3-9H,10H2,1-2H3,(H2,18,19,20). The van der Waals surface area contributed by atoms with Crippen LogP contribution in [0.3, 0.4) is 0 Å². The zero-order valence-electron chi connectivity index (χ0n) is 12.4. The molecule has 0 unspecified atom stereocenters. The van der Waals surface area contributed by atoms with E-state index in [1.807, 2.05) is 42.5 Å². The van der Waals surface area contributed by atoms with Gasteiger partial charge in [-0.1, -0.05) is 22.0 Å². The minimum Gasteiger partial charge on any atom is -0.493 e. The number of anilines is 1. The molecule has 0 bridgehead atoms. The molecule has 22 heavy (non-hydrogen) atoms. The van der Waals surface area contributed by atoms with Gasteiger partial charge in [-0.25, -0.2) is 4.79 Å². The second-order valence-corrected chi connectivity index (χ2v) is 5.42. The largest absolute Gasteiger partial charge is 0.493 e. The van der Waals surface area contributed by atoms with Crippen molar-refractivity contribution in [3.63, 3.8) is 0 Å². The molecule has 0 atom stereocenters. The molecule has 0 heterocycles. The van der Waals surface area contributed by atoms with Gasteiger partial charge in [0.2, 0.25) is 0 Å². The molecule has 0 saturated heterocycles. The molecule has 2 N–H and O–H groups in total. The maximum atomic E-state index is 11.9. The summed E-state index contributed by atoms with van der Waals surface area (Å²) in [5.74, 6) is 1.29. The van der Waals surface area contributed by atoms with Gasteiger partial charge in [-0.05, 0) is 42.0 Å². The quantitative estimate of drug-likeness (QED) is 0.848. The van der Waals surface area contributed by atoms with E-state index < -0.39 is 0 Å². The number of methoxy groups -OCH3 is 2. The average molecular weight is 365 g/mol. The van der Waals surface area contributed by atoms with E-state index in [0.717, 1.165) is 15.7 Å². The first-order valence-corrected chi connectivity index (χ1v) is 7.43. The van der Waals surface area contributed by atoms with Crippen LogP contribution in [0.2, 0.25) is 0 Å². The molecule has 0 aromatic heterocycles. The van der Waals surface area contributed by atoms with Crippen molar-refractivity contribution in [2.24, 2.45) is 0 Å². The molecule has 6 heteroatoms. The molecule has 2 rings (SSSR count). The van der Waals surface area contributed by atoms with E-state index in [1.165, 1.54) is 0 Å². The Hall–Kier alpha value is -2.21. The summed E-state index contributed by atoms with van der Waals surface area (Å²) in [5.41, 5.74) is 1.65. The number of halogens is 1. The SMILES string of the molecule is COc1ccc(CNC(=O)Nc2ccc(Br)cc2)cc1OC. The molecule has 116 valence electrons. The first-order chi connectivity index (χ1) is 10.6. The van der Waals surface area contributed by atoms with Crippen LogP contribution in [-0.4, -0.2) is 20.3 Å². The normalized spacial score (nSPS) is 9.95. The highest BCUT2D eigenvalue weighted by Crippen LogP contribution is 2.27. The van der Waals surface area contributed by atoms with Gasteiger partial charge >= 0.3 is 6.03 Å². The van der Waals surface area contributed by atoms with Gasteiger partial charge in [0.25, 0.3) is 0 Å². The first-order valence-electron chi connectivity index (χ1n) is 6.63. The van der Waals surface area contributed by atoms with Crippen molar-refractivity contribution >= 4 is 27.6 Å². The van der Waals surface area contributed by atoms with E-state index in [1.54, 1.807) is 14.2 Å². The molecule has 0 spiro atoms. The molecular weight excluding hydrogens is 348 g/mol. The maximum absolute atomic E-state index is 11.9. The fourth-order valence-corrected chi connectivity index (χ4v) is 2.15. The molecule has 0 aliphatic heterocycles. The van der Waals surface area contributed by atoms with Crippen LogP contribution in [-0.2, 0) is 6.54 Å². The van der Waals surface area contributed by atoms with Crippen LogP contribution in [0.5, 0.6) is 11.5 Å². The van der Waals surface area contributed by atoms with Crippen LogP contribution in [0.25, 0.3) is 0 Å². The number of benzene rings is 2. The van der Waals surface area contributed by atoms with Crippen molar-refractivity contribution in [1.82, 2.24) is 5.32 Å². The number of rotatable bonds is 5. The Morgan fingerprint density at radius 1 is 1.05 bits per heavy atom. The van der Waals surface area contributed by atoms with Gasteiger partial charge in [-0.2, -0.15) is 0 Å². The van der Waals surface area contributed by atoms with Crippen LogP contribution in [0.1, 0.15) is 5.56 Å². The smallest absolute Gasteiger partial charge is 0.319 e. The van der Waals surface area contributed by atoms with Gasteiger partial charge in [-0.15, -0.1) is 0 Å². The fourth-order valence-electron chi connectivity index (χ4n) is 1.88. The summed E-state index contributed by atoms with van der Waals surface area (Å²) >= 11 is 3.35. The van der Waals surface area contributed by atoms with Crippen LogP contribution in [0.4, 0.5) is 10.5 Å². The Kier molecular flexibility index (Phi) is 5.66. The Bertz CT molecular complexity index is 644. The van der Waals surface area contributed by atoms with Gasteiger partial charge in [0.15, 0.2) is 11.5 Å². The lowest BCUT2D eigenvalue weighted by Crippen LogP contribution is -2.28. The van der Waals surface area contributed by atoms with Crippen LogP contribution in [0.15, 0.2) is 46.9 Å². The predicted octanol–water partition coefficient (Wildman–Crippen LogP) is 3.79. The zero-order valence-corrected chi connectivity index (χ0v) is 13.9. The molecule has 0 radical (unpaired) electrons. The number of carbonyl (C=O) groups is 1. The number of nitrogens with one attached hydrogen (secondary N) is 2. The molecule has 0 saturated carbocycles. The lowest BCUT2D eigenvalue weighted by molar-refractivity contribution is 0.251. The average Bonchev–Trinajstić information content (AvgIpc) is 2.54. The molecule has 0 fully saturated rings. The summed E-state index contributed by atoms with van der Waals surface area (Å²) in [4.78, 5) is 11.9. The summed E-state index contributed by atoms with van der Waals surface area (Å²) in [6, 6.07) is 12.6. The minimum atomic E-state index is -0.267. The molecule has 0 aliphatic carbocycles. The molecule has 2 aromatic carbocycles. The van der Waals surface area contributed by atoms with E-state index in [-0.39, 0.29) is 6.03 Å². The Morgan fingerprint density at radius 3 is 2.36 bits per heavy atom. The van der Waals surface area contributed by atoms with E-state index >= 15 is 0 Å². The molecule has 2 aromatic rings.